The summed E-state index contributed by atoms with van der Waals surface area (Å²) in [6.07, 6.45) is 1.77. The Bertz CT molecular complexity index is 570. The molecule has 0 aliphatic carbocycles. The monoisotopic (exact) mass is 258 g/mol. The summed E-state index contributed by atoms with van der Waals surface area (Å²) in [5, 5.41) is 22.4. The molecule has 4 nitrogen and oxygen atoms in total. The molecule has 0 aliphatic rings. The van der Waals surface area contributed by atoms with Gasteiger partial charge in [0.1, 0.15) is 11.5 Å². The van der Waals surface area contributed by atoms with Gasteiger partial charge < -0.3 is 15.5 Å². The predicted molar refractivity (Wildman–Crippen MR) is 74.0 cm³/mol. The van der Waals surface area contributed by atoms with Gasteiger partial charge in [0, 0.05) is 30.4 Å². The first-order valence-corrected chi connectivity index (χ1v) is 6.23. The van der Waals surface area contributed by atoms with Crippen molar-refractivity contribution in [2.45, 2.75) is 26.4 Å². The Kier molecular flexibility index (Phi) is 4.02. The molecule has 4 heteroatoms. The van der Waals surface area contributed by atoms with E-state index in [9.17, 15) is 10.2 Å². The molecule has 19 heavy (non-hydrogen) atoms. The van der Waals surface area contributed by atoms with Crippen molar-refractivity contribution in [1.82, 2.24) is 10.3 Å². The Morgan fingerprint density at radius 2 is 2.05 bits per heavy atom. The standard InChI is InChI=1S/C15H18N2O2/c1-10-4-3-7-16-14(10)9-17-11(2)13-6-5-12(18)8-15(13)19/h3-8,11,17-19H,9H2,1-2H3. The number of phenols is 2. The van der Waals surface area contributed by atoms with Crippen LogP contribution in [0.4, 0.5) is 0 Å². The first-order valence-electron chi connectivity index (χ1n) is 6.23. The number of aromatic hydroxyl groups is 2. The van der Waals surface area contributed by atoms with Gasteiger partial charge in [0.05, 0.1) is 5.69 Å². The van der Waals surface area contributed by atoms with E-state index in [1.54, 1.807) is 18.3 Å². The van der Waals surface area contributed by atoms with Crippen LogP contribution >= 0.6 is 0 Å². The molecule has 0 spiro atoms. The maximum Gasteiger partial charge on any atom is 0.124 e. The zero-order valence-electron chi connectivity index (χ0n) is 11.1. The minimum Gasteiger partial charge on any atom is -0.508 e. The average molecular weight is 258 g/mol. The molecule has 0 aliphatic heterocycles. The van der Waals surface area contributed by atoms with Gasteiger partial charge in [-0.25, -0.2) is 0 Å². The molecule has 1 atom stereocenters. The summed E-state index contributed by atoms with van der Waals surface area (Å²) in [6, 6.07) is 8.54. The Morgan fingerprint density at radius 3 is 2.74 bits per heavy atom. The van der Waals surface area contributed by atoms with Crippen LogP contribution in [0.3, 0.4) is 0 Å². The molecule has 1 aromatic heterocycles. The highest BCUT2D eigenvalue weighted by atomic mass is 16.3. The van der Waals surface area contributed by atoms with Gasteiger partial charge in [-0.1, -0.05) is 12.1 Å². The van der Waals surface area contributed by atoms with Crippen molar-refractivity contribution in [1.29, 1.82) is 0 Å². The van der Waals surface area contributed by atoms with Crippen LogP contribution in [0.5, 0.6) is 11.5 Å². The number of aromatic nitrogens is 1. The molecule has 2 aromatic rings. The molecule has 0 bridgehead atoms. The maximum absolute atomic E-state index is 9.80. The molecule has 0 saturated carbocycles. The summed E-state index contributed by atoms with van der Waals surface area (Å²) in [5.74, 6) is 0.159. The van der Waals surface area contributed by atoms with Crippen LogP contribution in [0.1, 0.15) is 29.8 Å². The number of hydrogen-bond acceptors (Lipinski definition) is 4. The lowest BCUT2D eigenvalue weighted by Gasteiger charge is -2.16. The van der Waals surface area contributed by atoms with Crippen LogP contribution in [0, 0.1) is 6.92 Å². The lowest BCUT2D eigenvalue weighted by molar-refractivity contribution is 0.435. The molecule has 0 amide bonds. The second-order valence-electron chi connectivity index (χ2n) is 4.61. The van der Waals surface area contributed by atoms with Crippen LogP contribution in [0.2, 0.25) is 0 Å². The number of pyridine rings is 1. The maximum atomic E-state index is 9.80. The smallest absolute Gasteiger partial charge is 0.124 e. The van der Waals surface area contributed by atoms with Gasteiger partial charge in [0.15, 0.2) is 0 Å². The highest BCUT2D eigenvalue weighted by Crippen LogP contribution is 2.27. The second kappa shape index (κ2) is 5.71. The number of nitrogens with one attached hydrogen (secondary N) is 1. The van der Waals surface area contributed by atoms with Crippen molar-refractivity contribution >= 4 is 0 Å². The Labute approximate surface area is 112 Å². The lowest BCUT2D eigenvalue weighted by atomic mass is 10.1. The van der Waals surface area contributed by atoms with Gasteiger partial charge in [-0.2, -0.15) is 0 Å². The Balaban J connectivity index is 2.05. The summed E-state index contributed by atoms with van der Waals surface area (Å²) in [7, 11) is 0. The normalized spacial score (nSPS) is 12.3. The quantitative estimate of drug-likeness (QED) is 0.788. The van der Waals surface area contributed by atoms with Crippen LogP contribution < -0.4 is 5.32 Å². The first-order chi connectivity index (χ1) is 9.08. The highest BCUT2D eigenvalue weighted by Gasteiger charge is 2.11. The number of nitrogens with zero attached hydrogens (tertiary/aromatic N) is 1. The summed E-state index contributed by atoms with van der Waals surface area (Å²) < 4.78 is 0. The van der Waals surface area contributed by atoms with E-state index in [-0.39, 0.29) is 17.5 Å². The number of aryl methyl sites for hydroxylation is 1. The molecule has 2 rings (SSSR count). The van der Waals surface area contributed by atoms with Crippen molar-refractivity contribution < 1.29 is 10.2 Å². The molecule has 1 unspecified atom stereocenters. The number of rotatable bonds is 4. The zero-order valence-corrected chi connectivity index (χ0v) is 11.1. The second-order valence-corrected chi connectivity index (χ2v) is 4.61. The van der Waals surface area contributed by atoms with Crippen LogP contribution in [0.15, 0.2) is 36.5 Å². The van der Waals surface area contributed by atoms with Gasteiger partial charge in [-0.15, -0.1) is 0 Å². The van der Waals surface area contributed by atoms with Gasteiger partial charge in [0.25, 0.3) is 0 Å². The third-order valence-electron chi connectivity index (χ3n) is 3.17. The Morgan fingerprint density at radius 1 is 1.26 bits per heavy atom. The first kappa shape index (κ1) is 13.4. The van der Waals surface area contributed by atoms with Crippen molar-refractivity contribution in [2.75, 3.05) is 0 Å². The summed E-state index contributed by atoms with van der Waals surface area (Å²) in [6.45, 7) is 4.62. The Hall–Kier alpha value is -2.07. The van der Waals surface area contributed by atoms with Gasteiger partial charge >= 0.3 is 0 Å². The fourth-order valence-electron chi connectivity index (χ4n) is 1.96. The number of benzene rings is 1. The van der Waals surface area contributed by atoms with E-state index >= 15 is 0 Å². The van der Waals surface area contributed by atoms with E-state index in [0.29, 0.717) is 6.54 Å². The fourth-order valence-corrected chi connectivity index (χ4v) is 1.96. The summed E-state index contributed by atoms with van der Waals surface area (Å²) >= 11 is 0. The number of hydrogen-bond donors (Lipinski definition) is 3. The molecule has 3 N–H and O–H groups in total. The third-order valence-corrected chi connectivity index (χ3v) is 3.17. The molecule has 0 fully saturated rings. The van der Waals surface area contributed by atoms with Gasteiger partial charge in [-0.3, -0.25) is 4.98 Å². The molecular formula is C15H18N2O2. The van der Waals surface area contributed by atoms with Crippen molar-refractivity contribution in [3.63, 3.8) is 0 Å². The van der Waals surface area contributed by atoms with E-state index in [1.165, 1.54) is 6.07 Å². The van der Waals surface area contributed by atoms with Crippen molar-refractivity contribution in [2.24, 2.45) is 0 Å². The predicted octanol–water partition coefficient (Wildman–Crippen LogP) is 2.65. The van der Waals surface area contributed by atoms with E-state index in [2.05, 4.69) is 10.3 Å². The van der Waals surface area contributed by atoms with Gasteiger partial charge in [-0.05, 0) is 31.5 Å². The number of phenolic OH excluding ortho intramolecular Hbond substituents is 2. The molecule has 1 heterocycles. The molecule has 1 aromatic carbocycles. The molecule has 0 saturated heterocycles. The van der Waals surface area contributed by atoms with E-state index in [1.807, 2.05) is 26.0 Å². The van der Waals surface area contributed by atoms with Crippen LogP contribution in [-0.2, 0) is 6.54 Å². The topological polar surface area (TPSA) is 65.4 Å². The van der Waals surface area contributed by atoms with Crippen LogP contribution in [0.25, 0.3) is 0 Å². The van der Waals surface area contributed by atoms with Crippen molar-refractivity contribution in [3.8, 4) is 11.5 Å². The summed E-state index contributed by atoms with van der Waals surface area (Å²) in [5.41, 5.74) is 2.89. The van der Waals surface area contributed by atoms with Gasteiger partial charge in [0.2, 0.25) is 0 Å². The SMILES string of the molecule is Cc1cccnc1CNC(C)c1ccc(O)cc1O. The fraction of sp³-hybridized carbons (Fsp3) is 0.267. The lowest BCUT2D eigenvalue weighted by Crippen LogP contribution is -2.19. The average Bonchev–Trinajstić information content (AvgIpc) is 2.37. The van der Waals surface area contributed by atoms with E-state index in [0.717, 1.165) is 16.8 Å². The minimum absolute atomic E-state index is 0.0259. The molecular weight excluding hydrogens is 240 g/mol. The third kappa shape index (κ3) is 3.23. The highest BCUT2D eigenvalue weighted by molar-refractivity contribution is 5.40. The summed E-state index contributed by atoms with van der Waals surface area (Å²) in [4.78, 5) is 4.32. The largest absolute Gasteiger partial charge is 0.508 e. The van der Waals surface area contributed by atoms with Crippen molar-refractivity contribution in [3.05, 3.63) is 53.3 Å². The van der Waals surface area contributed by atoms with E-state index in [4.69, 9.17) is 0 Å². The molecule has 0 radical (unpaired) electrons. The van der Waals surface area contributed by atoms with E-state index < -0.39 is 0 Å². The molecule has 100 valence electrons. The minimum atomic E-state index is -0.0259. The van der Waals surface area contributed by atoms with Crippen LogP contribution in [-0.4, -0.2) is 15.2 Å². The zero-order chi connectivity index (χ0) is 13.8.